The molecule has 0 spiro atoms. The summed E-state index contributed by atoms with van der Waals surface area (Å²) in [7, 11) is -3.67. The van der Waals surface area contributed by atoms with Crippen molar-refractivity contribution in [1.82, 2.24) is 5.32 Å². The van der Waals surface area contributed by atoms with E-state index in [1.165, 1.54) is 6.92 Å². The first kappa shape index (κ1) is 38.2. The van der Waals surface area contributed by atoms with E-state index in [0.29, 0.717) is 47.3 Å². The van der Waals surface area contributed by atoms with E-state index >= 15 is 0 Å². The number of carboxylic acid groups (broad SMARTS) is 1. The van der Waals surface area contributed by atoms with E-state index in [4.69, 9.17) is 32.4 Å². The molecule has 11 nitrogen and oxygen atoms in total. The Morgan fingerprint density at radius 3 is 2.07 bits per heavy atom. The number of nitrogen functional groups attached to an aromatic ring is 1. The van der Waals surface area contributed by atoms with Gasteiger partial charge in [-0.15, -0.1) is 0 Å². The molecule has 0 unspecified atom stereocenters. The fourth-order valence-corrected chi connectivity index (χ4v) is 4.83. The minimum atomic E-state index is -3.67. The average Bonchev–Trinajstić information content (AvgIpc) is 3.00. The van der Waals surface area contributed by atoms with Gasteiger partial charge in [-0.3, -0.25) is 14.1 Å². The summed E-state index contributed by atoms with van der Waals surface area (Å²) >= 11 is 5.98. The van der Waals surface area contributed by atoms with Gasteiger partial charge in [0.2, 0.25) is 5.91 Å². The number of carbonyl (C=O) groups is 3. The number of carboxylic acids is 1. The van der Waals surface area contributed by atoms with E-state index in [2.05, 4.69) is 5.32 Å². The number of hydrogen-bond donors (Lipinski definition) is 5. The average molecular weight is 676 g/mol. The molecule has 0 bridgehead atoms. The second-order valence-electron chi connectivity index (χ2n) is 11.0. The summed E-state index contributed by atoms with van der Waals surface area (Å²) in [5.41, 5.74) is 14.3. The number of anilines is 1. The summed E-state index contributed by atoms with van der Waals surface area (Å²) in [4.78, 5) is 35.0. The zero-order chi connectivity index (χ0) is 34.3. The van der Waals surface area contributed by atoms with Crippen LogP contribution >= 0.6 is 11.6 Å². The van der Waals surface area contributed by atoms with E-state index in [-0.39, 0.29) is 24.0 Å². The summed E-state index contributed by atoms with van der Waals surface area (Å²) < 4.78 is 31.6. The van der Waals surface area contributed by atoms with E-state index < -0.39 is 22.1 Å². The van der Waals surface area contributed by atoms with Crippen LogP contribution in [0.15, 0.2) is 72.8 Å². The maximum atomic E-state index is 12.6. The molecule has 0 heterocycles. The summed E-state index contributed by atoms with van der Waals surface area (Å²) in [6, 6.07) is 20.6. The predicted molar refractivity (Wildman–Crippen MR) is 178 cm³/mol. The Morgan fingerprint density at radius 1 is 0.978 bits per heavy atom. The quantitative estimate of drug-likeness (QED) is 0.113. The van der Waals surface area contributed by atoms with Gasteiger partial charge in [0.05, 0.1) is 6.26 Å². The molecule has 1 amide bonds. The van der Waals surface area contributed by atoms with Crippen LogP contribution in [0.25, 0.3) is 0 Å². The molecule has 0 saturated heterocycles. The molecule has 46 heavy (non-hydrogen) atoms. The van der Waals surface area contributed by atoms with Gasteiger partial charge in [0.15, 0.2) is 5.78 Å². The molecular formula is C33H42ClN3O8S. The highest BCUT2D eigenvalue weighted by atomic mass is 35.5. The predicted octanol–water partition coefficient (Wildman–Crippen LogP) is 4.77. The normalized spacial score (nSPS) is 16.4. The number of ketones is 1. The number of Topliss-reactive ketones (excluding diaryl/α,β-unsaturated/α-hetero) is 1. The van der Waals surface area contributed by atoms with Crippen molar-refractivity contribution in [2.45, 2.75) is 51.7 Å². The maximum Gasteiger partial charge on any atom is 0.326 e. The number of amides is 1. The van der Waals surface area contributed by atoms with Crippen LogP contribution in [0.5, 0.6) is 5.75 Å². The van der Waals surface area contributed by atoms with Gasteiger partial charge in [0, 0.05) is 28.6 Å². The molecule has 1 aliphatic carbocycles. The molecule has 4 rings (SSSR count). The molecule has 0 aliphatic heterocycles. The van der Waals surface area contributed by atoms with E-state index in [1.807, 2.05) is 36.4 Å². The van der Waals surface area contributed by atoms with E-state index in [1.54, 1.807) is 36.4 Å². The molecular weight excluding hydrogens is 634 g/mol. The van der Waals surface area contributed by atoms with Crippen LogP contribution in [0.1, 0.15) is 54.1 Å². The number of ether oxygens (including phenoxy) is 1. The highest BCUT2D eigenvalue weighted by Gasteiger charge is 2.29. The number of aliphatic carboxylic acids is 1. The maximum absolute atomic E-state index is 12.6. The Bertz CT molecular complexity index is 1520. The van der Waals surface area contributed by atoms with Gasteiger partial charge in [-0.25, -0.2) is 4.79 Å². The third-order valence-corrected chi connectivity index (χ3v) is 7.38. The minimum Gasteiger partial charge on any atom is -0.489 e. The topological polar surface area (TPSA) is 199 Å². The number of carbonyl (C=O) groups excluding carboxylic acids is 2. The smallest absolute Gasteiger partial charge is 0.326 e. The molecule has 1 saturated carbocycles. The van der Waals surface area contributed by atoms with Crippen LogP contribution in [0.2, 0.25) is 5.02 Å². The van der Waals surface area contributed by atoms with Gasteiger partial charge >= 0.3 is 5.97 Å². The van der Waals surface area contributed by atoms with Gasteiger partial charge in [0.1, 0.15) is 18.4 Å². The van der Waals surface area contributed by atoms with Crippen molar-refractivity contribution in [2.24, 2.45) is 17.6 Å². The lowest BCUT2D eigenvalue weighted by Crippen LogP contribution is -2.45. The van der Waals surface area contributed by atoms with Crippen molar-refractivity contribution in [3.8, 4) is 5.75 Å². The molecule has 7 N–H and O–H groups in total. The lowest BCUT2D eigenvalue weighted by atomic mass is 9.81. The van der Waals surface area contributed by atoms with Crippen LogP contribution in [-0.4, -0.2) is 54.6 Å². The zero-order valence-electron chi connectivity index (χ0n) is 25.9. The van der Waals surface area contributed by atoms with Crippen molar-refractivity contribution in [3.05, 3.63) is 94.5 Å². The summed E-state index contributed by atoms with van der Waals surface area (Å²) in [6.45, 7) is 2.57. The second-order valence-corrected chi connectivity index (χ2v) is 12.9. The Balaban J connectivity index is 0.000000403. The van der Waals surface area contributed by atoms with Crippen molar-refractivity contribution in [2.75, 3.05) is 18.5 Å². The number of halogens is 1. The molecule has 0 radical (unpaired) electrons. The second kappa shape index (κ2) is 18.9. The highest BCUT2D eigenvalue weighted by Crippen LogP contribution is 2.28. The lowest BCUT2D eigenvalue weighted by Gasteiger charge is -2.27. The van der Waals surface area contributed by atoms with E-state index in [0.717, 1.165) is 36.8 Å². The van der Waals surface area contributed by atoms with Gasteiger partial charge < -0.3 is 26.6 Å². The Hall–Kier alpha value is -3.97. The highest BCUT2D eigenvalue weighted by molar-refractivity contribution is 7.85. The summed E-state index contributed by atoms with van der Waals surface area (Å²) in [5, 5.41) is 13.0. The first-order valence-corrected chi connectivity index (χ1v) is 16.9. The fraction of sp³-hybridized carbons (Fsp3) is 0.364. The lowest BCUT2D eigenvalue weighted by molar-refractivity contribution is -0.142. The standard InChI is InChI=1S/C24H29ClN2O4.C8H9NO.CH4O3S/c25-20-3-1-2-18(12-20)15-31-21-10-6-16(7-11-21)13-22(24(29)30)27-23(28)19-8-4-17(14-26)5-9-19;1-6(10)7-2-4-8(9)5-3-7;1-5(2,3)4/h1-3,6-7,10-12,17,19,22H,4-5,8-9,13-15,26H2,(H,27,28)(H,29,30);2-5H,9H2,1H3;1H3,(H,2,3,4)/t17-,19-,22-;;/m0../s1. The van der Waals surface area contributed by atoms with Crippen molar-refractivity contribution >= 4 is 45.1 Å². The third-order valence-electron chi connectivity index (χ3n) is 7.14. The first-order valence-electron chi connectivity index (χ1n) is 14.6. The molecule has 13 heteroatoms. The third kappa shape index (κ3) is 15.3. The summed E-state index contributed by atoms with van der Waals surface area (Å²) in [6.07, 6.45) is 4.30. The summed E-state index contributed by atoms with van der Waals surface area (Å²) in [5.74, 6) is -0.128. The molecule has 3 aromatic rings. The Labute approximate surface area is 275 Å². The van der Waals surface area contributed by atoms with E-state index in [9.17, 15) is 27.9 Å². The molecule has 1 aliphatic rings. The molecule has 1 atom stereocenters. The number of nitrogens with two attached hydrogens (primary N) is 2. The number of nitrogens with one attached hydrogen (secondary N) is 1. The first-order chi connectivity index (χ1) is 21.6. The molecule has 0 aromatic heterocycles. The van der Waals surface area contributed by atoms with Gasteiger partial charge in [-0.2, -0.15) is 8.42 Å². The van der Waals surface area contributed by atoms with Crippen LogP contribution < -0.4 is 21.5 Å². The van der Waals surface area contributed by atoms with Gasteiger partial charge in [-0.05, 0) is 105 Å². The Morgan fingerprint density at radius 2 is 1.57 bits per heavy atom. The largest absolute Gasteiger partial charge is 0.489 e. The molecule has 250 valence electrons. The van der Waals surface area contributed by atoms with Crippen LogP contribution in [0.4, 0.5) is 5.69 Å². The van der Waals surface area contributed by atoms with Crippen LogP contribution in [0.3, 0.4) is 0 Å². The van der Waals surface area contributed by atoms with Gasteiger partial charge in [-0.1, -0.05) is 35.9 Å². The van der Waals surface area contributed by atoms with Crippen molar-refractivity contribution in [3.63, 3.8) is 0 Å². The molecule has 1 fully saturated rings. The van der Waals surface area contributed by atoms with Crippen LogP contribution in [0, 0.1) is 11.8 Å². The van der Waals surface area contributed by atoms with Crippen molar-refractivity contribution in [1.29, 1.82) is 0 Å². The SMILES string of the molecule is CC(=O)c1ccc(N)cc1.CS(=O)(=O)O.NC[C@H]1CC[C@H](C(=O)N[C@@H](Cc2ccc(OCc3cccc(Cl)c3)cc2)C(=O)O)CC1. The number of rotatable bonds is 10. The number of hydrogen-bond acceptors (Lipinski definition) is 8. The van der Waals surface area contributed by atoms with Crippen molar-refractivity contribution < 1.29 is 37.2 Å². The monoisotopic (exact) mass is 675 g/mol. The van der Waals surface area contributed by atoms with Crippen LogP contribution in [-0.2, 0) is 32.7 Å². The zero-order valence-corrected chi connectivity index (χ0v) is 27.5. The Kier molecular flexibility index (Phi) is 15.7. The minimum absolute atomic E-state index is 0.0694. The molecule has 3 aromatic carbocycles. The number of benzene rings is 3. The fourth-order valence-electron chi connectivity index (χ4n) is 4.62. The van der Waals surface area contributed by atoms with Gasteiger partial charge in [0.25, 0.3) is 10.1 Å².